The van der Waals surface area contributed by atoms with Gasteiger partial charge in [0.2, 0.25) is 0 Å². The van der Waals surface area contributed by atoms with Crippen molar-refractivity contribution >= 4 is 24.1 Å². The van der Waals surface area contributed by atoms with Crippen molar-refractivity contribution in [2.75, 3.05) is 6.54 Å². The summed E-state index contributed by atoms with van der Waals surface area (Å²) in [6, 6.07) is 9.08. The second kappa shape index (κ2) is 3.95. The molecular weight excluding hydrogens is 185 g/mol. The number of aromatic hydroxyl groups is 1. The molecule has 0 saturated carbocycles. The number of rotatable bonds is 2. The summed E-state index contributed by atoms with van der Waals surface area (Å²) < 4.78 is 0. The predicted molar refractivity (Wildman–Crippen MR) is 63.8 cm³/mol. The van der Waals surface area contributed by atoms with E-state index in [9.17, 15) is 5.11 Å². The van der Waals surface area contributed by atoms with Gasteiger partial charge in [-0.2, -0.15) is 0 Å². The van der Waals surface area contributed by atoms with Gasteiger partial charge in [0, 0.05) is 0 Å². The molecule has 0 heterocycles. The maximum absolute atomic E-state index is 9.43. The van der Waals surface area contributed by atoms with Gasteiger partial charge in [0.15, 0.2) is 0 Å². The first-order chi connectivity index (χ1) is 7.20. The quantitative estimate of drug-likeness (QED) is 0.700. The molecule has 2 aromatic rings. The van der Waals surface area contributed by atoms with E-state index in [0.29, 0.717) is 6.54 Å². The first-order valence-corrected chi connectivity index (χ1v) is 4.92. The molecule has 2 radical (unpaired) electrons. The van der Waals surface area contributed by atoms with Crippen LogP contribution in [0.5, 0.6) is 5.75 Å². The molecule has 0 spiro atoms. The van der Waals surface area contributed by atoms with Crippen LogP contribution in [0.1, 0.15) is 5.56 Å². The molecule has 3 N–H and O–H groups in total. The van der Waals surface area contributed by atoms with Gasteiger partial charge >= 0.3 is 0 Å². The highest BCUT2D eigenvalue weighted by Gasteiger charge is 2.02. The van der Waals surface area contributed by atoms with Crippen molar-refractivity contribution in [1.29, 1.82) is 0 Å². The average molecular weight is 197 g/mol. The van der Waals surface area contributed by atoms with Gasteiger partial charge in [-0.05, 0) is 41.4 Å². The van der Waals surface area contributed by atoms with Gasteiger partial charge in [-0.25, -0.2) is 0 Å². The van der Waals surface area contributed by atoms with Crippen LogP contribution in [0.2, 0.25) is 0 Å². The molecule has 0 bridgehead atoms. The highest BCUT2D eigenvalue weighted by molar-refractivity contribution is 6.33. The van der Waals surface area contributed by atoms with Crippen LogP contribution >= 0.6 is 0 Å². The lowest BCUT2D eigenvalue weighted by molar-refractivity contribution is 0.476. The minimum atomic E-state index is 0.269. The van der Waals surface area contributed by atoms with E-state index in [1.165, 1.54) is 0 Å². The molecule has 0 unspecified atom stereocenters. The Hall–Kier alpha value is -1.48. The Morgan fingerprint density at radius 3 is 2.73 bits per heavy atom. The molecule has 3 heteroatoms. The van der Waals surface area contributed by atoms with Gasteiger partial charge in [-0.15, -0.1) is 0 Å². The van der Waals surface area contributed by atoms with Crippen molar-refractivity contribution < 1.29 is 5.11 Å². The average Bonchev–Trinajstić information content (AvgIpc) is 2.19. The lowest BCUT2D eigenvalue weighted by Crippen LogP contribution is -2.08. The monoisotopic (exact) mass is 197 g/mol. The van der Waals surface area contributed by atoms with Crippen molar-refractivity contribution in [3.05, 3.63) is 35.9 Å². The molecule has 0 amide bonds. The van der Waals surface area contributed by atoms with E-state index in [4.69, 9.17) is 13.6 Å². The van der Waals surface area contributed by atoms with E-state index >= 15 is 0 Å². The second-order valence-corrected chi connectivity index (χ2v) is 3.62. The Bertz CT molecular complexity index is 496. The van der Waals surface area contributed by atoms with Gasteiger partial charge < -0.3 is 10.8 Å². The third-order valence-electron chi connectivity index (χ3n) is 2.46. The predicted octanol–water partition coefficient (Wildman–Crippen LogP) is 0.840. The Morgan fingerprint density at radius 1 is 1.20 bits per heavy atom. The molecule has 74 valence electrons. The minimum Gasteiger partial charge on any atom is -0.508 e. The number of benzene rings is 2. The van der Waals surface area contributed by atoms with Crippen LogP contribution in [-0.2, 0) is 6.42 Å². The van der Waals surface area contributed by atoms with E-state index in [1.807, 2.05) is 18.2 Å². The number of fused-ring (bicyclic) bond motifs is 1. The zero-order chi connectivity index (χ0) is 10.8. The molecule has 0 aromatic heterocycles. The smallest absolute Gasteiger partial charge is 0.116 e. The minimum absolute atomic E-state index is 0.269. The van der Waals surface area contributed by atoms with E-state index < -0.39 is 0 Å². The van der Waals surface area contributed by atoms with Gasteiger partial charge in [-0.3, -0.25) is 0 Å². The van der Waals surface area contributed by atoms with Crippen LogP contribution in [0.15, 0.2) is 30.3 Å². The molecular formula is C12H12BNO. The van der Waals surface area contributed by atoms with E-state index in [2.05, 4.69) is 0 Å². The number of hydrogen-bond acceptors (Lipinski definition) is 2. The van der Waals surface area contributed by atoms with Crippen LogP contribution < -0.4 is 11.2 Å². The molecule has 0 atom stereocenters. The van der Waals surface area contributed by atoms with Gasteiger partial charge in [0.1, 0.15) is 13.6 Å². The standard InChI is InChI=1S/C12H12BNO/c13-10-5-8-1-2-11(15)7-12(8)9(6-10)3-4-14/h1-2,5-7,15H,3-4,14H2. The van der Waals surface area contributed by atoms with E-state index in [0.717, 1.165) is 28.2 Å². The van der Waals surface area contributed by atoms with Crippen molar-refractivity contribution in [2.24, 2.45) is 5.73 Å². The molecule has 0 aliphatic rings. The van der Waals surface area contributed by atoms with Crippen LogP contribution in [0.25, 0.3) is 10.8 Å². The zero-order valence-electron chi connectivity index (χ0n) is 8.40. The molecule has 2 nitrogen and oxygen atoms in total. The number of phenolic OH excluding ortho intramolecular Hbond substituents is 1. The SMILES string of the molecule is [B]c1cc(CCN)c2cc(O)ccc2c1. The summed E-state index contributed by atoms with van der Waals surface area (Å²) in [5.74, 6) is 0.269. The summed E-state index contributed by atoms with van der Waals surface area (Å²) in [5, 5.41) is 11.5. The second-order valence-electron chi connectivity index (χ2n) is 3.62. The van der Waals surface area contributed by atoms with Crippen molar-refractivity contribution in [2.45, 2.75) is 6.42 Å². The maximum Gasteiger partial charge on any atom is 0.116 e. The topological polar surface area (TPSA) is 46.2 Å². The summed E-state index contributed by atoms with van der Waals surface area (Å²) >= 11 is 0. The number of nitrogens with two attached hydrogens (primary N) is 1. The Morgan fingerprint density at radius 2 is 2.00 bits per heavy atom. The Labute approximate surface area is 90.1 Å². The number of phenols is 1. The lowest BCUT2D eigenvalue weighted by atomic mass is 9.89. The summed E-state index contributed by atoms with van der Waals surface area (Å²) in [4.78, 5) is 0. The summed E-state index contributed by atoms with van der Waals surface area (Å²) in [6.07, 6.45) is 0.769. The van der Waals surface area contributed by atoms with Crippen molar-refractivity contribution in [1.82, 2.24) is 0 Å². The molecule has 0 aliphatic carbocycles. The first kappa shape index (κ1) is 10.1. The summed E-state index contributed by atoms with van der Waals surface area (Å²) in [6.45, 7) is 0.578. The Balaban J connectivity index is 2.70. The molecule has 0 aliphatic heterocycles. The molecule has 0 saturated heterocycles. The van der Waals surface area contributed by atoms with Gasteiger partial charge in [-0.1, -0.05) is 23.7 Å². The normalized spacial score (nSPS) is 10.7. The van der Waals surface area contributed by atoms with E-state index in [-0.39, 0.29) is 5.75 Å². The highest BCUT2D eigenvalue weighted by atomic mass is 16.3. The van der Waals surface area contributed by atoms with Gasteiger partial charge in [0.25, 0.3) is 0 Å². The summed E-state index contributed by atoms with van der Waals surface area (Å²) in [7, 11) is 5.79. The molecule has 2 aromatic carbocycles. The third-order valence-corrected chi connectivity index (χ3v) is 2.46. The first-order valence-electron chi connectivity index (χ1n) is 4.92. The molecule has 15 heavy (non-hydrogen) atoms. The maximum atomic E-state index is 9.43. The molecule has 2 rings (SSSR count). The largest absolute Gasteiger partial charge is 0.508 e. The van der Waals surface area contributed by atoms with E-state index in [1.54, 1.807) is 12.1 Å². The van der Waals surface area contributed by atoms with Crippen molar-refractivity contribution in [3.63, 3.8) is 0 Å². The van der Waals surface area contributed by atoms with Crippen LogP contribution in [0, 0.1) is 0 Å². The molecule has 0 fully saturated rings. The Kier molecular flexibility index (Phi) is 2.65. The fourth-order valence-electron chi connectivity index (χ4n) is 1.81. The van der Waals surface area contributed by atoms with Crippen LogP contribution in [0.4, 0.5) is 0 Å². The van der Waals surface area contributed by atoms with Crippen LogP contribution in [0.3, 0.4) is 0 Å². The third kappa shape index (κ3) is 1.97. The summed E-state index contributed by atoms with van der Waals surface area (Å²) in [5.41, 5.74) is 7.36. The fraction of sp³-hybridized carbons (Fsp3) is 0.167. The highest BCUT2D eigenvalue weighted by Crippen LogP contribution is 2.22. The zero-order valence-corrected chi connectivity index (χ0v) is 8.40. The number of hydrogen-bond donors (Lipinski definition) is 2. The fourth-order valence-corrected chi connectivity index (χ4v) is 1.81. The van der Waals surface area contributed by atoms with Crippen LogP contribution in [-0.4, -0.2) is 19.5 Å². The lowest BCUT2D eigenvalue weighted by Gasteiger charge is -2.08. The van der Waals surface area contributed by atoms with Crippen molar-refractivity contribution in [3.8, 4) is 5.75 Å². The van der Waals surface area contributed by atoms with Gasteiger partial charge in [0.05, 0.1) is 0 Å².